The molecule has 3 unspecified atom stereocenters. The summed E-state index contributed by atoms with van der Waals surface area (Å²) >= 11 is 0. The highest BCUT2D eigenvalue weighted by Crippen LogP contribution is 2.40. The molecule has 0 heterocycles. The Kier molecular flexibility index (Phi) is 8.38. The number of rotatable bonds is 7. The number of hydrogen-bond acceptors (Lipinski definition) is 2. The van der Waals surface area contributed by atoms with Crippen LogP contribution in [0.3, 0.4) is 0 Å². The molecule has 0 spiro atoms. The van der Waals surface area contributed by atoms with Gasteiger partial charge in [0.1, 0.15) is 0 Å². The van der Waals surface area contributed by atoms with E-state index in [0.29, 0.717) is 18.5 Å². The van der Waals surface area contributed by atoms with E-state index in [1.807, 2.05) is 30.3 Å². The molecule has 0 aliphatic heterocycles. The van der Waals surface area contributed by atoms with Crippen molar-refractivity contribution in [2.24, 2.45) is 4.99 Å². The molecule has 1 fully saturated rings. The molecule has 0 bridgehead atoms. The molecule has 3 rings (SSSR count). The molecule has 2 aromatic carbocycles. The second-order valence-electron chi connectivity index (χ2n) is 6.51. The highest BCUT2D eigenvalue weighted by molar-refractivity contribution is 14.0. The lowest BCUT2D eigenvalue weighted by atomic mass is 10.0. The molecule has 1 aliphatic carbocycles. The van der Waals surface area contributed by atoms with Crippen LogP contribution in [-0.2, 0) is 0 Å². The van der Waals surface area contributed by atoms with Crippen molar-refractivity contribution in [3.8, 4) is 0 Å². The zero-order valence-corrected chi connectivity index (χ0v) is 17.5. The van der Waals surface area contributed by atoms with Gasteiger partial charge in [-0.15, -0.1) is 24.0 Å². The second kappa shape index (κ2) is 10.5. The van der Waals surface area contributed by atoms with Crippen LogP contribution in [0, 0.1) is 0 Å². The van der Waals surface area contributed by atoms with Gasteiger partial charge in [0.15, 0.2) is 5.96 Å². The van der Waals surface area contributed by atoms with Gasteiger partial charge in [0.2, 0.25) is 0 Å². The Labute approximate surface area is 173 Å². The van der Waals surface area contributed by atoms with Crippen LogP contribution in [0.1, 0.15) is 36.3 Å². The number of nitrogens with one attached hydrogen (secondary N) is 2. The summed E-state index contributed by atoms with van der Waals surface area (Å²) < 4.78 is 0. The van der Waals surface area contributed by atoms with Crippen LogP contribution in [0.15, 0.2) is 65.7 Å². The van der Waals surface area contributed by atoms with Gasteiger partial charge in [0, 0.05) is 24.4 Å². The minimum atomic E-state index is 0. The molecule has 0 saturated heterocycles. The maximum Gasteiger partial charge on any atom is 0.191 e. The number of benzene rings is 2. The third-order valence-corrected chi connectivity index (χ3v) is 4.65. The highest BCUT2D eigenvalue weighted by Gasteiger charge is 2.38. The van der Waals surface area contributed by atoms with E-state index in [1.165, 1.54) is 5.56 Å². The predicted octanol–water partition coefficient (Wildman–Crippen LogP) is 3.49. The van der Waals surface area contributed by atoms with Crippen molar-refractivity contribution in [1.29, 1.82) is 0 Å². The smallest absolute Gasteiger partial charge is 0.191 e. The number of guanidine groups is 1. The molecule has 0 radical (unpaired) electrons. The van der Waals surface area contributed by atoms with Gasteiger partial charge >= 0.3 is 0 Å². The maximum atomic E-state index is 9.70. The van der Waals surface area contributed by atoms with Gasteiger partial charge in [-0.2, -0.15) is 0 Å². The predicted molar refractivity (Wildman–Crippen MR) is 118 cm³/mol. The lowest BCUT2D eigenvalue weighted by molar-refractivity contribution is 0.268. The summed E-state index contributed by atoms with van der Waals surface area (Å²) in [6.45, 7) is 3.56. The standard InChI is InChI=1S/C21H27N3O.HI/c1-2-22-21(23-14-18(15-25)16-9-5-3-6-10-16)24-20-13-19(20)17-11-7-4-8-12-17;/h3-12,18-20,25H,2,13-15H2,1H3,(H2,22,23,24);1H. The molecule has 1 saturated carbocycles. The van der Waals surface area contributed by atoms with Gasteiger partial charge in [0.25, 0.3) is 0 Å². The van der Waals surface area contributed by atoms with Crippen molar-refractivity contribution in [2.45, 2.75) is 31.2 Å². The van der Waals surface area contributed by atoms with Gasteiger partial charge in [-0.05, 0) is 24.5 Å². The van der Waals surface area contributed by atoms with Crippen LogP contribution in [0.4, 0.5) is 0 Å². The molecule has 3 N–H and O–H groups in total. The summed E-state index contributed by atoms with van der Waals surface area (Å²) in [6, 6.07) is 21.1. The minimum absolute atomic E-state index is 0. The van der Waals surface area contributed by atoms with Gasteiger partial charge < -0.3 is 15.7 Å². The fourth-order valence-electron chi connectivity index (χ4n) is 3.11. The largest absolute Gasteiger partial charge is 0.396 e. The van der Waals surface area contributed by atoms with Gasteiger partial charge in [0.05, 0.1) is 13.2 Å². The summed E-state index contributed by atoms with van der Waals surface area (Å²) in [6.07, 6.45) is 1.14. The van der Waals surface area contributed by atoms with Crippen molar-refractivity contribution in [2.75, 3.05) is 19.7 Å². The molecule has 1 aliphatic rings. The van der Waals surface area contributed by atoms with Crippen molar-refractivity contribution in [1.82, 2.24) is 10.6 Å². The Hall–Kier alpha value is -1.60. The van der Waals surface area contributed by atoms with E-state index in [9.17, 15) is 5.11 Å². The molecule has 0 aromatic heterocycles. The molecule has 26 heavy (non-hydrogen) atoms. The zero-order valence-electron chi connectivity index (χ0n) is 15.1. The molecule has 0 amide bonds. The van der Waals surface area contributed by atoms with Crippen LogP contribution in [0.5, 0.6) is 0 Å². The lowest BCUT2D eigenvalue weighted by Crippen LogP contribution is -2.39. The van der Waals surface area contributed by atoms with E-state index in [0.717, 1.165) is 24.5 Å². The third-order valence-electron chi connectivity index (χ3n) is 4.65. The highest BCUT2D eigenvalue weighted by atomic mass is 127. The molecule has 3 atom stereocenters. The van der Waals surface area contributed by atoms with Gasteiger partial charge in [-0.3, -0.25) is 4.99 Å². The average molecular weight is 465 g/mol. The van der Waals surface area contributed by atoms with Crippen LogP contribution in [0.25, 0.3) is 0 Å². The number of aliphatic imine (C=N–C) groups is 1. The second-order valence-corrected chi connectivity index (χ2v) is 6.51. The van der Waals surface area contributed by atoms with Crippen molar-refractivity contribution >= 4 is 29.9 Å². The fourth-order valence-corrected chi connectivity index (χ4v) is 3.11. The van der Waals surface area contributed by atoms with E-state index >= 15 is 0 Å². The molecular weight excluding hydrogens is 437 g/mol. The third kappa shape index (κ3) is 5.71. The fraction of sp³-hybridized carbons (Fsp3) is 0.381. The normalized spacial score (nSPS) is 20.0. The maximum absolute atomic E-state index is 9.70. The Bertz CT molecular complexity index is 678. The SMILES string of the molecule is CCNC(=NCC(CO)c1ccccc1)NC1CC1c1ccccc1.I. The molecule has 2 aromatic rings. The lowest BCUT2D eigenvalue weighted by Gasteiger charge is -2.15. The van der Waals surface area contributed by atoms with Crippen molar-refractivity contribution < 1.29 is 5.11 Å². The molecule has 4 nitrogen and oxygen atoms in total. The van der Waals surface area contributed by atoms with E-state index < -0.39 is 0 Å². The summed E-state index contributed by atoms with van der Waals surface area (Å²) in [7, 11) is 0. The first-order valence-electron chi connectivity index (χ1n) is 9.07. The van der Waals surface area contributed by atoms with E-state index in [-0.39, 0.29) is 36.5 Å². The molecule has 140 valence electrons. The number of aliphatic hydroxyl groups excluding tert-OH is 1. The Morgan fingerprint density at radius 1 is 1.12 bits per heavy atom. The molecular formula is C21H28IN3O. The monoisotopic (exact) mass is 465 g/mol. The van der Waals surface area contributed by atoms with Crippen LogP contribution >= 0.6 is 24.0 Å². The van der Waals surface area contributed by atoms with Crippen molar-refractivity contribution in [3.63, 3.8) is 0 Å². The van der Waals surface area contributed by atoms with Crippen LogP contribution in [0.2, 0.25) is 0 Å². The summed E-state index contributed by atoms with van der Waals surface area (Å²) in [5.74, 6) is 1.42. The first kappa shape index (κ1) is 20.7. The zero-order chi connectivity index (χ0) is 17.5. The summed E-state index contributed by atoms with van der Waals surface area (Å²) in [5.41, 5.74) is 2.51. The van der Waals surface area contributed by atoms with E-state index in [4.69, 9.17) is 4.99 Å². The number of aliphatic hydroxyl groups is 1. The number of nitrogens with zero attached hydrogens (tertiary/aromatic N) is 1. The molecule has 5 heteroatoms. The van der Waals surface area contributed by atoms with Crippen molar-refractivity contribution in [3.05, 3.63) is 71.8 Å². The Morgan fingerprint density at radius 2 is 1.77 bits per heavy atom. The first-order valence-corrected chi connectivity index (χ1v) is 9.07. The minimum Gasteiger partial charge on any atom is -0.396 e. The van der Waals surface area contributed by atoms with E-state index in [2.05, 4.69) is 47.9 Å². The Morgan fingerprint density at radius 3 is 2.38 bits per heavy atom. The number of halogens is 1. The van der Waals surface area contributed by atoms with Crippen LogP contribution < -0.4 is 10.6 Å². The Balaban J connectivity index is 0.00000243. The van der Waals surface area contributed by atoms with E-state index in [1.54, 1.807) is 0 Å². The quantitative estimate of drug-likeness (QED) is 0.334. The summed E-state index contributed by atoms with van der Waals surface area (Å²) in [5, 5.41) is 16.5. The van der Waals surface area contributed by atoms with Gasteiger partial charge in [-0.25, -0.2) is 0 Å². The average Bonchev–Trinajstić information content (AvgIpc) is 3.43. The summed E-state index contributed by atoms with van der Waals surface area (Å²) in [4.78, 5) is 4.70. The topological polar surface area (TPSA) is 56.7 Å². The number of hydrogen-bond donors (Lipinski definition) is 3. The van der Waals surface area contributed by atoms with Gasteiger partial charge in [-0.1, -0.05) is 60.7 Å². The van der Waals surface area contributed by atoms with Crippen LogP contribution in [-0.4, -0.2) is 36.8 Å². The first-order chi connectivity index (χ1) is 12.3.